The number of para-hydroxylation sites is 1. The third-order valence-electron chi connectivity index (χ3n) is 6.38. The van der Waals surface area contributed by atoms with Crippen LogP contribution < -0.4 is 10.6 Å². The molecule has 1 fully saturated rings. The number of fused-ring (bicyclic) bond motifs is 2. The number of carbonyl (C=O) groups is 1. The maximum Gasteiger partial charge on any atom is 0.177 e. The van der Waals surface area contributed by atoms with Crippen molar-refractivity contribution in [3.8, 4) is 22.5 Å². The van der Waals surface area contributed by atoms with E-state index in [1.54, 1.807) is 12.1 Å². The van der Waals surface area contributed by atoms with Gasteiger partial charge in [-0.05, 0) is 44.0 Å². The molecule has 0 atom stereocenters. The van der Waals surface area contributed by atoms with Gasteiger partial charge in [0.2, 0.25) is 0 Å². The summed E-state index contributed by atoms with van der Waals surface area (Å²) in [6.07, 6.45) is 7.32. The third-order valence-corrected chi connectivity index (χ3v) is 6.38. The average molecular weight is 493 g/mol. The summed E-state index contributed by atoms with van der Waals surface area (Å²) >= 11 is 0. The van der Waals surface area contributed by atoms with Crippen LogP contribution in [0.3, 0.4) is 0 Å². The summed E-state index contributed by atoms with van der Waals surface area (Å²) in [4.78, 5) is 20.3. The van der Waals surface area contributed by atoms with Crippen LogP contribution in [0.1, 0.15) is 37.0 Å². The van der Waals surface area contributed by atoms with E-state index in [0.717, 1.165) is 63.6 Å². The molecule has 0 unspecified atom stereocenters. The Bertz CT molecular complexity index is 1520. The average Bonchev–Trinajstić information content (AvgIpc) is 3.69. The molecule has 37 heavy (non-hydrogen) atoms. The SMILES string of the molecule is CC(C)CNc1cc(-c2cnc3ccccc3c2)nn2c(-c3ccc(C=O)cc3)cnc12.CNC1CC1. The molecule has 0 bridgehead atoms. The van der Waals surface area contributed by atoms with Gasteiger partial charge in [-0.3, -0.25) is 9.78 Å². The fraction of sp³-hybridized carbons (Fsp3) is 0.267. The largest absolute Gasteiger partial charge is 0.382 e. The Balaban J connectivity index is 0.000000503. The molecule has 1 saturated carbocycles. The van der Waals surface area contributed by atoms with Crippen LogP contribution in [0.25, 0.3) is 39.1 Å². The third kappa shape index (κ3) is 5.67. The Morgan fingerprint density at radius 2 is 1.78 bits per heavy atom. The van der Waals surface area contributed by atoms with Crippen molar-refractivity contribution in [1.82, 2.24) is 24.9 Å². The van der Waals surface area contributed by atoms with Gasteiger partial charge in [0.15, 0.2) is 5.65 Å². The molecule has 188 valence electrons. The van der Waals surface area contributed by atoms with E-state index in [9.17, 15) is 4.79 Å². The van der Waals surface area contributed by atoms with Gasteiger partial charge < -0.3 is 10.6 Å². The zero-order valence-electron chi connectivity index (χ0n) is 21.5. The van der Waals surface area contributed by atoms with Gasteiger partial charge in [0.25, 0.3) is 0 Å². The maximum absolute atomic E-state index is 11.0. The molecule has 0 amide bonds. The van der Waals surface area contributed by atoms with Crippen molar-refractivity contribution in [3.05, 3.63) is 78.6 Å². The van der Waals surface area contributed by atoms with E-state index in [1.165, 1.54) is 12.8 Å². The van der Waals surface area contributed by atoms with E-state index < -0.39 is 0 Å². The lowest BCUT2D eigenvalue weighted by molar-refractivity contribution is 0.112. The normalized spacial score (nSPS) is 13.0. The molecule has 0 radical (unpaired) electrons. The molecule has 2 aromatic carbocycles. The van der Waals surface area contributed by atoms with Crippen LogP contribution >= 0.6 is 0 Å². The van der Waals surface area contributed by atoms with E-state index in [0.29, 0.717) is 11.5 Å². The molecule has 1 aliphatic carbocycles. The molecule has 0 saturated heterocycles. The number of nitrogens with one attached hydrogen (secondary N) is 2. The second kappa shape index (κ2) is 10.9. The van der Waals surface area contributed by atoms with Crippen LogP contribution in [0.5, 0.6) is 0 Å². The molecule has 2 N–H and O–H groups in total. The Labute approximate surface area is 217 Å². The van der Waals surface area contributed by atoms with Crippen LogP contribution in [0.4, 0.5) is 5.69 Å². The maximum atomic E-state index is 11.0. The van der Waals surface area contributed by atoms with Gasteiger partial charge in [-0.25, -0.2) is 9.50 Å². The molecule has 1 aliphatic rings. The number of pyridine rings is 1. The molecule has 5 aromatic rings. The summed E-state index contributed by atoms with van der Waals surface area (Å²) in [6.45, 7) is 5.17. The number of rotatable bonds is 7. The van der Waals surface area contributed by atoms with E-state index in [2.05, 4.69) is 46.6 Å². The quantitative estimate of drug-likeness (QED) is 0.277. The summed E-state index contributed by atoms with van der Waals surface area (Å²) in [7, 11) is 2.01. The minimum Gasteiger partial charge on any atom is -0.382 e. The number of benzene rings is 2. The standard InChI is InChI=1S/C26H23N5O.C4H9N/c1-17(2)13-27-24-12-23(21-11-20-5-3-4-6-22(20)28-14-21)30-31-25(15-29-26(24)31)19-9-7-18(16-32)8-10-19;1-5-4-2-3-4/h3-12,14-17,27H,13H2,1-2H3;4-5H,2-3H2,1H3. The summed E-state index contributed by atoms with van der Waals surface area (Å²) in [5.74, 6) is 0.485. The highest BCUT2D eigenvalue weighted by Crippen LogP contribution is 2.29. The number of hydrogen-bond acceptors (Lipinski definition) is 6. The van der Waals surface area contributed by atoms with Crippen LogP contribution in [0, 0.1) is 5.92 Å². The monoisotopic (exact) mass is 492 g/mol. The van der Waals surface area contributed by atoms with Crippen LogP contribution in [0.15, 0.2) is 73.1 Å². The van der Waals surface area contributed by atoms with Crippen LogP contribution in [0.2, 0.25) is 0 Å². The van der Waals surface area contributed by atoms with Gasteiger partial charge in [-0.2, -0.15) is 5.10 Å². The molecule has 7 nitrogen and oxygen atoms in total. The first kappa shape index (κ1) is 24.6. The molecular formula is C30H32N6O. The topological polar surface area (TPSA) is 84.2 Å². The molecule has 7 heteroatoms. The van der Waals surface area contributed by atoms with Gasteiger partial charge in [0, 0.05) is 40.9 Å². The van der Waals surface area contributed by atoms with E-state index in [1.807, 2.05) is 60.4 Å². The van der Waals surface area contributed by atoms with Gasteiger partial charge >= 0.3 is 0 Å². The van der Waals surface area contributed by atoms with Gasteiger partial charge in [0.05, 0.1) is 28.8 Å². The number of hydrogen-bond donors (Lipinski definition) is 2. The Kier molecular flexibility index (Phi) is 7.23. The molecular weight excluding hydrogens is 460 g/mol. The lowest BCUT2D eigenvalue weighted by atomic mass is 10.1. The molecule has 0 aliphatic heterocycles. The second-order valence-corrected chi connectivity index (χ2v) is 9.82. The first-order valence-electron chi connectivity index (χ1n) is 12.8. The number of imidazole rings is 1. The van der Waals surface area contributed by atoms with Crippen molar-refractivity contribution >= 4 is 28.5 Å². The highest BCUT2D eigenvalue weighted by atomic mass is 16.1. The zero-order chi connectivity index (χ0) is 25.8. The van der Waals surface area contributed by atoms with Crippen molar-refractivity contribution in [2.75, 3.05) is 18.9 Å². The Morgan fingerprint density at radius 1 is 1.00 bits per heavy atom. The van der Waals surface area contributed by atoms with Crippen molar-refractivity contribution in [2.24, 2.45) is 5.92 Å². The second-order valence-electron chi connectivity index (χ2n) is 9.82. The van der Waals surface area contributed by atoms with E-state index in [-0.39, 0.29) is 0 Å². The molecule has 6 rings (SSSR count). The fourth-order valence-electron chi connectivity index (χ4n) is 4.07. The van der Waals surface area contributed by atoms with Gasteiger partial charge in [-0.15, -0.1) is 0 Å². The molecule has 3 heterocycles. The summed E-state index contributed by atoms with van der Waals surface area (Å²) in [6, 6.07) is 20.5. The highest BCUT2D eigenvalue weighted by molar-refractivity contribution is 5.84. The van der Waals surface area contributed by atoms with Crippen LogP contribution in [-0.4, -0.2) is 45.5 Å². The fourth-order valence-corrected chi connectivity index (χ4v) is 4.07. The molecule has 0 spiro atoms. The summed E-state index contributed by atoms with van der Waals surface area (Å²) in [5.41, 5.74) is 6.83. The van der Waals surface area contributed by atoms with Gasteiger partial charge in [-0.1, -0.05) is 56.3 Å². The minimum atomic E-state index is 0.485. The number of aromatic nitrogens is 4. The van der Waals surface area contributed by atoms with Crippen LogP contribution in [-0.2, 0) is 0 Å². The van der Waals surface area contributed by atoms with Gasteiger partial charge in [0.1, 0.15) is 6.29 Å². The predicted octanol–water partition coefficient (Wildman–Crippen LogP) is 5.86. The summed E-state index contributed by atoms with van der Waals surface area (Å²) in [5, 5.41) is 12.7. The number of carbonyl (C=O) groups excluding carboxylic acids is 1. The molecule has 3 aromatic heterocycles. The Hall–Kier alpha value is -4.10. The lowest BCUT2D eigenvalue weighted by Gasteiger charge is -2.13. The highest BCUT2D eigenvalue weighted by Gasteiger charge is 2.17. The lowest BCUT2D eigenvalue weighted by Crippen LogP contribution is -2.10. The van der Waals surface area contributed by atoms with Crippen molar-refractivity contribution < 1.29 is 4.79 Å². The summed E-state index contributed by atoms with van der Waals surface area (Å²) < 4.78 is 1.86. The first-order valence-corrected chi connectivity index (χ1v) is 12.8. The number of nitrogens with zero attached hydrogens (tertiary/aromatic N) is 4. The minimum absolute atomic E-state index is 0.485. The van der Waals surface area contributed by atoms with Crippen molar-refractivity contribution in [3.63, 3.8) is 0 Å². The Morgan fingerprint density at radius 3 is 2.46 bits per heavy atom. The number of aldehydes is 1. The smallest absolute Gasteiger partial charge is 0.177 e. The van der Waals surface area contributed by atoms with Crippen molar-refractivity contribution in [2.45, 2.75) is 32.7 Å². The van der Waals surface area contributed by atoms with E-state index in [4.69, 9.17) is 5.10 Å². The van der Waals surface area contributed by atoms with Crippen molar-refractivity contribution in [1.29, 1.82) is 0 Å². The number of anilines is 1. The zero-order valence-corrected chi connectivity index (χ0v) is 21.5. The first-order chi connectivity index (χ1) is 18.1. The predicted molar refractivity (Wildman–Crippen MR) is 150 cm³/mol. The van der Waals surface area contributed by atoms with E-state index >= 15 is 0 Å².